The van der Waals surface area contributed by atoms with Crippen LogP contribution >= 0.6 is 0 Å². The predicted molar refractivity (Wildman–Crippen MR) is 25.2 cm³/mol. The Bertz CT molecular complexity index is 79.7. The summed E-state index contributed by atoms with van der Waals surface area (Å²) in [4.78, 5) is 0. The Kier molecular flexibility index (Phi) is 0.997. The molecule has 0 aromatic rings. The summed E-state index contributed by atoms with van der Waals surface area (Å²) in [5.74, 6) is 0. The first kappa shape index (κ1) is 4.73. The van der Waals surface area contributed by atoms with Gasteiger partial charge in [0.25, 0.3) is 6.48 Å². The van der Waals surface area contributed by atoms with Crippen LogP contribution in [0.4, 0.5) is 0 Å². The molecule has 2 atom stereocenters. The van der Waals surface area contributed by atoms with Crippen molar-refractivity contribution in [2.24, 2.45) is 0 Å². The van der Waals surface area contributed by atoms with Crippen molar-refractivity contribution in [3.8, 4) is 0 Å². The van der Waals surface area contributed by atoms with Crippen LogP contribution in [0.1, 0.15) is 6.42 Å². The lowest BCUT2D eigenvalue weighted by atomic mass is 10.3. The zero-order valence-electron chi connectivity index (χ0n) is 4.50. The summed E-state index contributed by atoms with van der Waals surface area (Å²) in [5, 5.41) is 0. The molecule has 0 unspecified atom stereocenters. The third-order valence-corrected chi connectivity index (χ3v) is 1.42. The quantitative estimate of drug-likeness (QED) is 0.449. The first-order valence-electron chi connectivity index (χ1n) is 2.84. The molecule has 2 heterocycles. The minimum absolute atomic E-state index is 0.314. The second-order valence-electron chi connectivity index (χ2n) is 2.04. The van der Waals surface area contributed by atoms with Crippen LogP contribution in [-0.2, 0) is 14.2 Å². The zero-order chi connectivity index (χ0) is 5.40. The van der Waals surface area contributed by atoms with E-state index in [2.05, 4.69) is 0 Å². The summed E-state index contributed by atoms with van der Waals surface area (Å²) >= 11 is 0. The Morgan fingerprint density at radius 3 is 3.00 bits per heavy atom. The van der Waals surface area contributed by atoms with Gasteiger partial charge in [-0.15, -0.1) is 0 Å². The molecule has 46 valence electrons. The van der Waals surface area contributed by atoms with Crippen molar-refractivity contribution < 1.29 is 14.2 Å². The van der Waals surface area contributed by atoms with E-state index in [0.29, 0.717) is 12.7 Å². The van der Waals surface area contributed by atoms with E-state index in [1.807, 2.05) is 0 Å². The number of hydrogen-bond donors (Lipinski definition) is 0. The van der Waals surface area contributed by atoms with E-state index >= 15 is 0 Å². The normalized spacial score (nSPS) is 45.0. The molecule has 0 aliphatic carbocycles. The van der Waals surface area contributed by atoms with E-state index in [-0.39, 0.29) is 6.48 Å². The van der Waals surface area contributed by atoms with Gasteiger partial charge in [-0.3, -0.25) is 0 Å². The molecule has 0 amide bonds. The molecule has 2 saturated heterocycles. The number of fused-ring (bicyclic) bond motifs is 2. The molecule has 3 nitrogen and oxygen atoms in total. The maximum absolute atomic E-state index is 5.15. The molecule has 0 aromatic carbocycles. The van der Waals surface area contributed by atoms with E-state index in [9.17, 15) is 0 Å². The van der Waals surface area contributed by atoms with Gasteiger partial charge in [-0.25, -0.2) is 0 Å². The minimum Gasteiger partial charge on any atom is -0.330 e. The van der Waals surface area contributed by atoms with Gasteiger partial charge >= 0.3 is 0 Å². The predicted octanol–water partition coefficient (Wildman–Crippen LogP) is 0.106. The van der Waals surface area contributed by atoms with Crippen LogP contribution in [0, 0.1) is 0 Å². The van der Waals surface area contributed by atoms with Gasteiger partial charge in [0.05, 0.1) is 19.3 Å². The molecule has 2 aliphatic heterocycles. The van der Waals surface area contributed by atoms with Crippen LogP contribution in [0.5, 0.6) is 0 Å². The van der Waals surface area contributed by atoms with Crippen molar-refractivity contribution in [3.63, 3.8) is 0 Å². The van der Waals surface area contributed by atoms with E-state index in [1.165, 1.54) is 0 Å². The minimum atomic E-state index is -0.339. The van der Waals surface area contributed by atoms with Crippen LogP contribution in [0.2, 0.25) is 0 Å². The summed E-state index contributed by atoms with van der Waals surface area (Å²) in [5.41, 5.74) is 0. The average molecular weight is 116 g/mol. The van der Waals surface area contributed by atoms with Gasteiger partial charge in [0, 0.05) is 0 Å². The van der Waals surface area contributed by atoms with Crippen molar-refractivity contribution in [2.75, 3.05) is 13.2 Å². The highest BCUT2D eigenvalue weighted by atomic mass is 16.9. The maximum Gasteiger partial charge on any atom is 0.272 e. The lowest BCUT2D eigenvalue weighted by Crippen LogP contribution is -2.23. The molecule has 3 heteroatoms. The first-order chi connectivity index (χ1) is 3.95. The topological polar surface area (TPSA) is 27.7 Å². The lowest BCUT2D eigenvalue weighted by Gasteiger charge is -2.16. The third kappa shape index (κ3) is 0.632. The molecular weight excluding hydrogens is 108 g/mol. The molecule has 0 N–H and O–H groups in total. The average Bonchev–Trinajstić information content (AvgIpc) is 2.12. The Morgan fingerprint density at radius 1 is 1.25 bits per heavy atom. The van der Waals surface area contributed by atoms with Gasteiger partial charge in [0.15, 0.2) is 0 Å². The van der Waals surface area contributed by atoms with E-state index in [4.69, 9.17) is 14.2 Å². The summed E-state index contributed by atoms with van der Waals surface area (Å²) in [7, 11) is 0. The summed E-state index contributed by atoms with van der Waals surface area (Å²) < 4.78 is 15.2. The van der Waals surface area contributed by atoms with E-state index in [0.717, 1.165) is 13.0 Å². The van der Waals surface area contributed by atoms with Crippen molar-refractivity contribution in [1.29, 1.82) is 0 Å². The number of hydrogen-bond acceptors (Lipinski definition) is 3. The molecular formula is C5H8O3. The molecule has 2 fully saturated rings. The molecule has 0 aromatic heterocycles. The fourth-order valence-corrected chi connectivity index (χ4v) is 0.956. The van der Waals surface area contributed by atoms with Gasteiger partial charge in [-0.2, -0.15) is 0 Å². The van der Waals surface area contributed by atoms with Gasteiger partial charge in [0.1, 0.15) is 0 Å². The largest absolute Gasteiger partial charge is 0.330 e. The van der Waals surface area contributed by atoms with Gasteiger partial charge < -0.3 is 14.2 Å². The monoisotopic (exact) mass is 116 g/mol. The highest BCUT2D eigenvalue weighted by Crippen LogP contribution is 2.20. The molecule has 0 spiro atoms. The highest BCUT2D eigenvalue weighted by molar-refractivity contribution is 4.64. The summed E-state index contributed by atoms with van der Waals surface area (Å²) in [6, 6.07) is 0. The van der Waals surface area contributed by atoms with Crippen molar-refractivity contribution in [2.45, 2.75) is 19.0 Å². The van der Waals surface area contributed by atoms with E-state index < -0.39 is 0 Å². The molecule has 8 heavy (non-hydrogen) atoms. The Labute approximate surface area is 47.5 Å². The highest BCUT2D eigenvalue weighted by Gasteiger charge is 2.30. The molecule has 2 aliphatic rings. The SMILES string of the molecule is C1C[C@@H]2CO[C@H](O1)O2. The Morgan fingerprint density at radius 2 is 2.25 bits per heavy atom. The van der Waals surface area contributed by atoms with E-state index in [1.54, 1.807) is 0 Å². The second kappa shape index (κ2) is 1.69. The van der Waals surface area contributed by atoms with Crippen LogP contribution in [0.25, 0.3) is 0 Å². The first-order valence-corrected chi connectivity index (χ1v) is 2.84. The second-order valence-corrected chi connectivity index (χ2v) is 2.04. The molecule has 2 rings (SSSR count). The van der Waals surface area contributed by atoms with Crippen molar-refractivity contribution >= 4 is 0 Å². The Hall–Kier alpha value is -0.120. The maximum atomic E-state index is 5.15. The molecule has 0 saturated carbocycles. The third-order valence-electron chi connectivity index (χ3n) is 1.42. The van der Waals surface area contributed by atoms with Gasteiger partial charge in [-0.1, -0.05) is 0 Å². The smallest absolute Gasteiger partial charge is 0.272 e. The molecule has 0 radical (unpaired) electrons. The van der Waals surface area contributed by atoms with Crippen LogP contribution in [0.3, 0.4) is 0 Å². The van der Waals surface area contributed by atoms with Gasteiger partial charge in [0.2, 0.25) is 0 Å². The summed E-state index contributed by atoms with van der Waals surface area (Å²) in [6.07, 6.45) is 1.30. The zero-order valence-corrected chi connectivity index (χ0v) is 4.50. The lowest BCUT2D eigenvalue weighted by molar-refractivity contribution is -0.258. The van der Waals surface area contributed by atoms with Gasteiger partial charge in [-0.05, 0) is 6.42 Å². The fourth-order valence-electron chi connectivity index (χ4n) is 0.956. The van der Waals surface area contributed by atoms with Crippen LogP contribution < -0.4 is 0 Å². The standard InChI is InChI=1S/C5H8O3/c1-2-6-5-7-3-4(1)8-5/h4-5H,1-3H2/t4-,5+/m1/s1. The Balaban J connectivity index is 2.03. The van der Waals surface area contributed by atoms with Crippen molar-refractivity contribution in [3.05, 3.63) is 0 Å². The summed E-state index contributed by atoms with van der Waals surface area (Å²) in [6.45, 7) is 1.16. The number of rotatable bonds is 0. The molecule has 2 bridgehead atoms. The number of ether oxygens (including phenoxy) is 3. The van der Waals surface area contributed by atoms with Crippen molar-refractivity contribution in [1.82, 2.24) is 0 Å². The van der Waals surface area contributed by atoms with Crippen LogP contribution in [0.15, 0.2) is 0 Å². The van der Waals surface area contributed by atoms with Crippen LogP contribution in [-0.4, -0.2) is 25.8 Å². The fraction of sp³-hybridized carbons (Fsp3) is 1.00.